The molecule has 0 radical (unpaired) electrons. The third-order valence-electron chi connectivity index (χ3n) is 7.22. The first-order valence-corrected chi connectivity index (χ1v) is 14.4. The minimum Gasteiger partial charge on any atom is -0.330 e. The van der Waals surface area contributed by atoms with Crippen molar-refractivity contribution in [2.24, 2.45) is 11.7 Å². The highest BCUT2D eigenvalue weighted by Crippen LogP contribution is 2.33. The van der Waals surface area contributed by atoms with Gasteiger partial charge in [0.05, 0.1) is 11.7 Å². The van der Waals surface area contributed by atoms with Gasteiger partial charge in [0.15, 0.2) is 0 Å². The maximum absolute atomic E-state index is 14.2. The van der Waals surface area contributed by atoms with E-state index in [1.54, 1.807) is 0 Å². The predicted octanol–water partition coefficient (Wildman–Crippen LogP) is 7.74. The molecule has 0 unspecified atom stereocenters. The highest BCUT2D eigenvalue weighted by molar-refractivity contribution is 6.30. The van der Waals surface area contributed by atoms with Gasteiger partial charge in [-0.2, -0.15) is 0 Å². The monoisotopic (exact) mass is 556 g/mol. The molecule has 1 atom stereocenters. The molecular formula is C34H41ClN4O. The zero-order chi connectivity index (χ0) is 28.9. The van der Waals surface area contributed by atoms with Crippen molar-refractivity contribution in [2.75, 3.05) is 13.1 Å². The number of nitrogens with zero attached hydrogens (tertiary/aromatic N) is 3. The fourth-order valence-electron chi connectivity index (χ4n) is 5.06. The Labute approximate surface area is 244 Å². The first-order chi connectivity index (χ1) is 19.1. The smallest absolute Gasteiger partial charge is 0.254 e. The van der Waals surface area contributed by atoms with Crippen LogP contribution in [0.25, 0.3) is 11.3 Å². The number of carbonyl (C=O) groups excluding carboxylic acids is 1. The lowest BCUT2D eigenvalue weighted by Crippen LogP contribution is -2.40. The van der Waals surface area contributed by atoms with Crippen molar-refractivity contribution in [3.63, 3.8) is 0 Å². The molecule has 5 nitrogen and oxygen atoms in total. The lowest BCUT2D eigenvalue weighted by Gasteiger charge is -2.35. The van der Waals surface area contributed by atoms with Gasteiger partial charge in [-0.05, 0) is 59.7 Å². The van der Waals surface area contributed by atoms with E-state index in [4.69, 9.17) is 22.3 Å². The second-order valence-corrected chi connectivity index (χ2v) is 12.2. The Hall–Kier alpha value is -3.41. The predicted molar refractivity (Wildman–Crippen MR) is 166 cm³/mol. The van der Waals surface area contributed by atoms with Gasteiger partial charge in [-0.3, -0.25) is 4.79 Å². The van der Waals surface area contributed by atoms with Crippen molar-refractivity contribution in [3.05, 3.63) is 113 Å². The van der Waals surface area contributed by atoms with Gasteiger partial charge in [-0.1, -0.05) is 101 Å². The van der Waals surface area contributed by atoms with Crippen LogP contribution < -0.4 is 5.73 Å². The van der Waals surface area contributed by atoms with Gasteiger partial charge in [0.1, 0.15) is 5.82 Å². The summed E-state index contributed by atoms with van der Waals surface area (Å²) < 4.78 is 2.18. The van der Waals surface area contributed by atoms with E-state index in [0.29, 0.717) is 36.6 Å². The number of amides is 1. The van der Waals surface area contributed by atoms with Gasteiger partial charge >= 0.3 is 0 Å². The molecule has 0 saturated carbocycles. The molecule has 2 N–H and O–H groups in total. The number of aromatic nitrogens is 2. The first kappa shape index (κ1) is 29.6. The number of halogens is 1. The van der Waals surface area contributed by atoms with Crippen molar-refractivity contribution in [1.82, 2.24) is 14.5 Å². The van der Waals surface area contributed by atoms with Gasteiger partial charge in [0, 0.05) is 35.4 Å². The molecule has 3 aromatic carbocycles. The molecule has 40 heavy (non-hydrogen) atoms. The normalized spacial score (nSPS) is 12.5. The number of carbonyl (C=O) groups is 1. The van der Waals surface area contributed by atoms with Crippen LogP contribution in [-0.4, -0.2) is 33.4 Å². The summed E-state index contributed by atoms with van der Waals surface area (Å²) in [6.07, 6.45) is 2.78. The highest BCUT2D eigenvalue weighted by atomic mass is 35.5. The third-order valence-corrected chi connectivity index (χ3v) is 7.45. The number of hydrogen-bond donors (Lipinski definition) is 1. The van der Waals surface area contributed by atoms with Gasteiger partial charge < -0.3 is 15.2 Å². The van der Waals surface area contributed by atoms with E-state index in [1.165, 1.54) is 11.1 Å². The molecule has 1 aromatic heterocycles. The van der Waals surface area contributed by atoms with E-state index in [9.17, 15) is 4.79 Å². The van der Waals surface area contributed by atoms with Crippen molar-refractivity contribution in [1.29, 1.82) is 0 Å². The van der Waals surface area contributed by atoms with Gasteiger partial charge in [-0.25, -0.2) is 4.98 Å². The van der Waals surface area contributed by atoms with Crippen LogP contribution in [0.1, 0.15) is 74.4 Å². The van der Waals surface area contributed by atoms with Crippen LogP contribution in [0.2, 0.25) is 5.02 Å². The van der Waals surface area contributed by atoms with E-state index in [1.807, 2.05) is 59.5 Å². The second kappa shape index (κ2) is 12.8. The molecule has 0 aliphatic carbocycles. The van der Waals surface area contributed by atoms with E-state index in [-0.39, 0.29) is 23.3 Å². The fraction of sp³-hybridized carbons (Fsp3) is 0.353. The average molecular weight is 557 g/mol. The summed E-state index contributed by atoms with van der Waals surface area (Å²) in [5.74, 6) is 0.955. The van der Waals surface area contributed by atoms with E-state index >= 15 is 0 Å². The first-order valence-electron chi connectivity index (χ1n) is 14.1. The lowest BCUT2D eigenvalue weighted by atomic mass is 9.86. The Kier molecular flexibility index (Phi) is 9.49. The molecule has 4 rings (SSSR count). The lowest BCUT2D eigenvalue weighted by molar-refractivity contribution is 0.0604. The van der Waals surface area contributed by atoms with Crippen molar-refractivity contribution < 1.29 is 4.79 Å². The average Bonchev–Trinajstić information content (AvgIpc) is 3.33. The summed E-state index contributed by atoms with van der Waals surface area (Å²) in [4.78, 5) is 21.3. The topological polar surface area (TPSA) is 64.2 Å². The zero-order valence-electron chi connectivity index (χ0n) is 24.3. The summed E-state index contributed by atoms with van der Waals surface area (Å²) in [6, 6.07) is 25.8. The Morgan fingerprint density at radius 1 is 1.00 bits per heavy atom. The van der Waals surface area contributed by atoms with Crippen LogP contribution in [0.4, 0.5) is 0 Å². The summed E-state index contributed by atoms with van der Waals surface area (Å²) in [5, 5.41) is 0.663. The largest absolute Gasteiger partial charge is 0.330 e. The quantitative estimate of drug-likeness (QED) is 0.217. The van der Waals surface area contributed by atoms with Crippen LogP contribution in [0.5, 0.6) is 0 Å². The SMILES string of the molecule is CC(C)[C@H](c1nc(-c2cccc(Cl)c2)cn1Cc1ccccc1)N(CCCN)C(=O)c1ccc(C(C)(C)C)cc1. The van der Waals surface area contributed by atoms with Gasteiger partial charge in [0.25, 0.3) is 5.91 Å². The number of benzene rings is 3. The molecule has 0 aliphatic rings. The summed E-state index contributed by atoms with van der Waals surface area (Å²) in [5.41, 5.74) is 10.8. The van der Waals surface area contributed by atoms with Crippen molar-refractivity contribution in [2.45, 2.75) is 59.0 Å². The summed E-state index contributed by atoms with van der Waals surface area (Å²) in [6.45, 7) is 12.5. The molecule has 0 spiro atoms. The second-order valence-electron chi connectivity index (χ2n) is 11.8. The Balaban J connectivity index is 1.80. The molecule has 1 amide bonds. The molecule has 6 heteroatoms. The minimum atomic E-state index is -0.252. The molecule has 0 saturated heterocycles. The Morgan fingerprint density at radius 3 is 2.30 bits per heavy atom. The zero-order valence-corrected chi connectivity index (χ0v) is 25.0. The molecule has 0 bridgehead atoms. The Bertz CT molecular complexity index is 1400. The number of hydrogen-bond acceptors (Lipinski definition) is 3. The van der Waals surface area contributed by atoms with Crippen LogP contribution in [0.3, 0.4) is 0 Å². The molecule has 0 aliphatic heterocycles. The van der Waals surface area contributed by atoms with E-state index < -0.39 is 0 Å². The van der Waals surface area contributed by atoms with Crippen molar-refractivity contribution >= 4 is 17.5 Å². The van der Waals surface area contributed by atoms with Crippen molar-refractivity contribution in [3.8, 4) is 11.3 Å². The van der Waals surface area contributed by atoms with E-state index in [2.05, 4.69) is 69.6 Å². The van der Waals surface area contributed by atoms with Crippen LogP contribution in [-0.2, 0) is 12.0 Å². The van der Waals surface area contributed by atoms with Gasteiger partial charge in [-0.15, -0.1) is 0 Å². The van der Waals surface area contributed by atoms with Crippen LogP contribution in [0, 0.1) is 5.92 Å². The van der Waals surface area contributed by atoms with Gasteiger partial charge in [0.2, 0.25) is 0 Å². The highest BCUT2D eigenvalue weighted by Gasteiger charge is 2.32. The minimum absolute atomic E-state index is 0.00817. The van der Waals surface area contributed by atoms with E-state index in [0.717, 1.165) is 17.1 Å². The third kappa shape index (κ3) is 7.01. The molecule has 4 aromatic rings. The number of imidazole rings is 1. The number of rotatable bonds is 10. The fourth-order valence-corrected chi connectivity index (χ4v) is 5.25. The van der Waals surface area contributed by atoms with Crippen LogP contribution in [0.15, 0.2) is 85.1 Å². The maximum Gasteiger partial charge on any atom is 0.254 e. The molecule has 1 heterocycles. The molecule has 0 fully saturated rings. The maximum atomic E-state index is 14.2. The Morgan fingerprint density at radius 2 is 1.70 bits per heavy atom. The van der Waals surface area contributed by atoms with Crippen LogP contribution >= 0.6 is 11.6 Å². The number of nitrogens with two attached hydrogens (primary N) is 1. The summed E-state index contributed by atoms with van der Waals surface area (Å²) >= 11 is 6.34. The molecule has 210 valence electrons. The summed E-state index contributed by atoms with van der Waals surface area (Å²) in [7, 11) is 0. The standard InChI is InChI=1S/C34H41ClN4O/c1-24(2)31(39(20-10-19-36)33(40)26-15-17-28(18-16-26)34(3,4)5)32-37-30(27-13-9-14-29(35)21-27)23-38(32)22-25-11-7-6-8-12-25/h6-9,11-18,21,23-24,31H,10,19-20,22,36H2,1-5H3/t31-/m1/s1. The molecular weight excluding hydrogens is 516 g/mol.